The highest BCUT2D eigenvalue weighted by Crippen LogP contribution is 2.19. The van der Waals surface area contributed by atoms with E-state index in [9.17, 15) is 9.59 Å². The predicted octanol–water partition coefficient (Wildman–Crippen LogP) is 2.35. The minimum absolute atomic E-state index is 0.243. The van der Waals surface area contributed by atoms with Gasteiger partial charge in [-0.05, 0) is 18.6 Å². The number of nitrogens with zero attached hydrogens (tertiary/aromatic N) is 2. The SMILES string of the molecule is CCCCNC(=O)n1c(NC(C)=O)nc2ccccc21. The van der Waals surface area contributed by atoms with E-state index in [1.165, 1.54) is 11.5 Å². The van der Waals surface area contributed by atoms with Crippen LogP contribution in [0.5, 0.6) is 0 Å². The molecular weight excluding hydrogens is 256 g/mol. The molecule has 6 nitrogen and oxygen atoms in total. The number of imidazole rings is 1. The third-order valence-electron chi connectivity index (χ3n) is 2.86. The summed E-state index contributed by atoms with van der Waals surface area (Å²) in [4.78, 5) is 27.8. The topological polar surface area (TPSA) is 76.0 Å². The van der Waals surface area contributed by atoms with Crippen LogP contribution in [0, 0.1) is 0 Å². The van der Waals surface area contributed by atoms with Crippen LogP contribution in [0.1, 0.15) is 26.7 Å². The van der Waals surface area contributed by atoms with Crippen LogP contribution < -0.4 is 10.6 Å². The van der Waals surface area contributed by atoms with Crippen molar-refractivity contribution >= 4 is 28.9 Å². The molecule has 0 bridgehead atoms. The smallest absolute Gasteiger partial charge is 0.328 e. The van der Waals surface area contributed by atoms with Gasteiger partial charge in [-0.15, -0.1) is 0 Å². The molecule has 2 N–H and O–H groups in total. The molecule has 0 saturated carbocycles. The standard InChI is InChI=1S/C14H18N4O2/c1-3-4-9-15-14(20)18-12-8-6-5-7-11(12)17-13(18)16-10(2)19/h5-8H,3-4,9H2,1-2H3,(H,15,20)(H,16,17,19). The molecule has 0 aliphatic heterocycles. The van der Waals surface area contributed by atoms with Crippen molar-refractivity contribution < 1.29 is 9.59 Å². The lowest BCUT2D eigenvalue weighted by Gasteiger charge is -2.09. The van der Waals surface area contributed by atoms with Gasteiger partial charge in [0, 0.05) is 13.5 Å². The molecular formula is C14H18N4O2. The maximum Gasteiger partial charge on any atom is 0.328 e. The number of nitrogens with one attached hydrogen (secondary N) is 2. The number of unbranched alkanes of at least 4 members (excludes halogenated alkanes) is 1. The lowest BCUT2D eigenvalue weighted by Crippen LogP contribution is -2.30. The second-order valence-electron chi connectivity index (χ2n) is 4.53. The summed E-state index contributed by atoms with van der Waals surface area (Å²) >= 11 is 0. The number of hydrogen-bond donors (Lipinski definition) is 2. The molecule has 2 aromatic rings. The highest BCUT2D eigenvalue weighted by molar-refractivity contribution is 5.97. The Hall–Kier alpha value is -2.37. The van der Waals surface area contributed by atoms with Gasteiger partial charge in [0.1, 0.15) is 0 Å². The lowest BCUT2D eigenvalue weighted by molar-refractivity contribution is -0.114. The van der Waals surface area contributed by atoms with Crippen LogP contribution in [0.4, 0.5) is 10.7 Å². The highest BCUT2D eigenvalue weighted by Gasteiger charge is 2.16. The molecule has 0 aliphatic carbocycles. The quantitative estimate of drug-likeness (QED) is 0.840. The number of rotatable bonds is 4. The summed E-state index contributed by atoms with van der Waals surface area (Å²) in [5.74, 6) is -0.0180. The average Bonchev–Trinajstić information content (AvgIpc) is 2.75. The molecule has 1 aromatic heterocycles. The summed E-state index contributed by atoms with van der Waals surface area (Å²) in [5.41, 5.74) is 1.34. The van der Waals surface area contributed by atoms with Crippen LogP contribution in [0.15, 0.2) is 24.3 Å². The Kier molecular flexibility index (Phi) is 4.34. The minimum atomic E-state index is -0.282. The van der Waals surface area contributed by atoms with Crippen LogP contribution in [0.3, 0.4) is 0 Å². The van der Waals surface area contributed by atoms with E-state index in [4.69, 9.17) is 0 Å². The molecule has 0 radical (unpaired) electrons. The number of carbonyl (C=O) groups excluding carboxylic acids is 2. The fourth-order valence-corrected chi connectivity index (χ4v) is 1.92. The molecule has 0 fully saturated rings. The number of aromatic nitrogens is 2. The monoisotopic (exact) mass is 274 g/mol. The van der Waals surface area contributed by atoms with E-state index < -0.39 is 0 Å². The Balaban J connectivity index is 2.37. The molecule has 2 rings (SSSR count). The molecule has 0 aliphatic rings. The zero-order valence-corrected chi connectivity index (χ0v) is 11.6. The molecule has 1 heterocycles. The Bertz CT molecular complexity index is 633. The third-order valence-corrected chi connectivity index (χ3v) is 2.86. The van der Waals surface area contributed by atoms with Gasteiger partial charge in [-0.25, -0.2) is 14.3 Å². The molecule has 2 amide bonds. The minimum Gasteiger partial charge on any atom is -0.337 e. The third kappa shape index (κ3) is 2.96. The molecule has 20 heavy (non-hydrogen) atoms. The van der Waals surface area contributed by atoms with Crippen LogP contribution in [0.2, 0.25) is 0 Å². The summed E-state index contributed by atoms with van der Waals surface area (Å²) in [6.45, 7) is 4.04. The lowest BCUT2D eigenvalue weighted by atomic mass is 10.3. The van der Waals surface area contributed by atoms with E-state index in [-0.39, 0.29) is 17.9 Å². The van der Waals surface area contributed by atoms with Gasteiger partial charge in [-0.1, -0.05) is 25.5 Å². The van der Waals surface area contributed by atoms with E-state index >= 15 is 0 Å². The Morgan fingerprint density at radius 1 is 1.30 bits per heavy atom. The highest BCUT2D eigenvalue weighted by atomic mass is 16.2. The van der Waals surface area contributed by atoms with E-state index in [2.05, 4.69) is 22.5 Å². The Labute approximate surface area is 117 Å². The number of amides is 2. The number of para-hydroxylation sites is 2. The summed E-state index contributed by atoms with van der Waals surface area (Å²) in [6, 6.07) is 6.99. The van der Waals surface area contributed by atoms with Crippen molar-refractivity contribution in [2.75, 3.05) is 11.9 Å². The first-order valence-corrected chi connectivity index (χ1v) is 6.66. The molecule has 106 valence electrons. The molecule has 0 saturated heterocycles. The van der Waals surface area contributed by atoms with Gasteiger partial charge in [0.05, 0.1) is 11.0 Å². The number of hydrogen-bond acceptors (Lipinski definition) is 3. The summed E-state index contributed by atoms with van der Waals surface area (Å²) in [6.07, 6.45) is 1.91. The second-order valence-corrected chi connectivity index (χ2v) is 4.53. The average molecular weight is 274 g/mol. The second kappa shape index (κ2) is 6.18. The van der Waals surface area contributed by atoms with Crippen molar-refractivity contribution in [3.05, 3.63) is 24.3 Å². The largest absolute Gasteiger partial charge is 0.337 e. The van der Waals surface area contributed by atoms with Crippen LogP contribution in [-0.2, 0) is 4.79 Å². The summed E-state index contributed by atoms with van der Waals surface area (Å²) in [5, 5.41) is 5.41. The van der Waals surface area contributed by atoms with Gasteiger partial charge in [-0.3, -0.25) is 10.1 Å². The van der Waals surface area contributed by atoms with Crippen LogP contribution >= 0.6 is 0 Å². The van der Waals surface area contributed by atoms with Crippen molar-refractivity contribution in [3.8, 4) is 0 Å². The fraction of sp³-hybridized carbons (Fsp3) is 0.357. The van der Waals surface area contributed by atoms with Crippen LogP contribution in [-0.4, -0.2) is 28.0 Å². The molecule has 0 spiro atoms. The molecule has 0 atom stereocenters. The summed E-state index contributed by atoms with van der Waals surface area (Å²) < 4.78 is 1.40. The predicted molar refractivity (Wildman–Crippen MR) is 77.7 cm³/mol. The van der Waals surface area contributed by atoms with E-state index in [1.807, 2.05) is 12.1 Å². The summed E-state index contributed by atoms with van der Waals surface area (Å²) in [7, 11) is 0. The zero-order chi connectivity index (χ0) is 14.5. The fourth-order valence-electron chi connectivity index (χ4n) is 1.92. The van der Waals surface area contributed by atoms with Crippen molar-refractivity contribution in [1.29, 1.82) is 0 Å². The number of anilines is 1. The first-order valence-electron chi connectivity index (χ1n) is 6.66. The van der Waals surface area contributed by atoms with Gasteiger partial charge in [-0.2, -0.15) is 0 Å². The van der Waals surface area contributed by atoms with Crippen molar-refractivity contribution in [2.24, 2.45) is 0 Å². The molecule has 1 aromatic carbocycles. The van der Waals surface area contributed by atoms with Gasteiger partial charge in [0.25, 0.3) is 0 Å². The maximum absolute atomic E-state index is 12.3. The van der Waals surface area contributed by atoms with Crippen LogP contribution in [0.25, 0.3) is 11.0 Å². The van der Waals surface area contributed by atoms with E-state index in [1.54, 1.807) is 12.1 Å². The van der Waals surface area contributed by atoms with Crippen molar-refractivity contribution in [1.82, 2.24) is 14.9 Å². The maximum atomic E-state index is 12.3. The Morgan fingerprint density at radius 3 is 2.75 bits per heavy atom. The Morgan fingerprint density at radius 2 is 2.05 bits per heavy atom. The normalized spacial score (nSPS) is 10.5. The van der Waals surface area contributed by atoms with E-state index in [0.717, 1.165) is 12.8 Å². The zero-order valence-electron chi connectivity index (χ0n) is 11.6. The first kappa shape index (κ1) is 14.0. The number of carbonyl (C=O) groups is 2. The van der Waals surface area contributed by atoms with Gasteiger partial charge in [0.15, 0.2) is 0 Å². The van der Waals surface area contributed by atoms with Crippen molar-refractivity contribution in [3.63, 3.8) is 0 Å². The molecule has 0 unspecified atom stereocenters. The van der Waals surface area contributed by atoms with Gasteiger partial charge >= 0.3 is 6.03 Å². The van der Waals surface area contributed by atoms with Gasteiger partial charge < -0.3 is 5.32 Å². The van der Waals surface area contributed by atoms with Gasteiger partial charge in [0.2, 0.25) is 11.9 Å². The molecule has 6 heteroatoms. The number of fused-ring (bicyclic) bond motifs is 1. The van der Waals surface area contributed by atoms with E-state index in [0.29, 0.717) is 17.6 Å². The van der Waals surface area contributed by atoms with Crippen molar-refractivity contribution in [2.45, 2.75) is 26.7 Å². The first-order chi connectivity index (χ1) is 9.63. The number of benzene rings is 1.